The third kappa shape index (κ3) is 2.47. The van der Waals surface area contributed by atoms with E-state index < -0.39 is 9.84 Å². The van der Waals surface area contributed by atoms with Crippen molar-refractivity contribution in [2.75, 3.05) is 19.6 Å². The van der Waals surface area contributed by atoms with Crippen LogP contribution in [0.2, 0.25) is 0 Å². The lowest BCUT2D eigenvalue weighted by Gasteiger charge is -2.19. The summed E-state index contributed by atoms with van der Waals surface area (Å²) in [5.41, 5.74) is 0.688. The standard InChI is InChI=1S/C15H19NO3S/c17-13-6-5-12-9-14(20(18,19)15(12)10-13)11-16-7-3-1-2-4-8-16/h5-6,9-10,17H,1-4,7-8,11H2. The van der Waals surface area contributed by atoms with E-state index in [-0.39, 0.29) is 10.6 Å². The Bertz CT molecular complexity index is 641. The zero-order valence-electron chi connectivity index (χ0n) is 11.4. The highest BCUT2D eigenvalue weighted by Crippen LogP contribution is 2.35. The van der Waals surface area contributed by atoms with Crippen molar-refractivity contribution in [1.29, 1.82) is 0 Å². The Morgan fingerprint density at radius 1 is 1.10 bits per heavy atom. The molecule has 0 unspecified atom stereocenters. The average Bonchev–Trinajstić information content (AvgIpc) is 2.61. The second-order valence-electron chi connectivity index (χ2n) is 5.53. The highest BCUT2D eigenvalue weighted by molar-refractivity contribution is 7.95. The van der Waals surface area contributed by atoms with Gasteiger partial charge in [0, 0.05) is 6.54 Å². The molecule has 0 atom stereocenters. The summed E-state index contributed by atoms with van der Waals surface area (Å²) in [4.78, 5) is 2.92. The second-order valence-corrected chi connectivity index (χ2v) is 7.50. The first-order chi connectivity index (χ1) is 9.57. The number of phenols is 1. The summed E-state index contributed by atoms with van der Waals surface area (Å²) in [7, 11) is -3.42. The first-order valence-corrected chi connectivity index (χ1v) is 8.57. The van der Waals surface area contributed by atoms with Crippen molar-refractivity contribution in [3.8, 4) is 5.75 Å². The zero-order valence-corrected chi connectivity index (χ0v) is 12.2. The summed E-state index contributed by atoms with van der Waals surface area (Å²) in [5, 5.41) is 9.48. The molecule has 108 valence electrons. The smallest absolute Gasteiger partial charge is 0.204 e. The van der Waals surface area contributed by atoms with Crippen LogP contribution in [-0.4, -0.2) is 38.1 Å². The topological polar surface area (TPSA) is 57.6 Å². The maximum atomic E-state index is 12.5. The number of fused-ring (bicyclic) bond motifs is 1. The quantitative estimate of drug-likeness (QED) is 0.909. The molecule has 3 rings (SSSR count). The van der Waals surface area contributed by atoms with Gasteiger partial charge in [-0.1, -0.05) is 12.8 Å². The number of phenolic OH excluding ortho intramolecular Hbond substituents is 1. The molecule has 0 amide bonds. The number of rotatable bonds is 2. The molecule has 0 spiro atoms. The molecular formula is C15H19NO3S. The summed E-state index contributed by atoms with van der Waals surface area (Å²) in [5.74, 6) is -0.00301. The molecule has 1 saturated heterocycles. The number of hydrogen-bond acceptors (Lipinski definition) is 4. The molecule has 5 heteroatoms. The normalized spacial score (nSPS) is 22.1. The largest absolute Gasteiger partial charge is 0.508 e. The van der Waals surface area contributed by atoms with E-state index in [1.165, 1.54) is 25.0 Å². The number of nitrogens with zero attached hydrogens (tertiary/aromatic N) is 1. The van der Waals surface area contributed by atoms with Crippen LogP contribution in [0.4, 0.5) is 0 Å². The molecule has 0 bridgehead atoms. The van der Waals surface area contributed by atoms with E-state index in [0.29, 0.717) is 17.0 Å². The third-order valence-corrected chi connectivity index (χ3v) is 5.90. The highest BCUT2D eigenvalue weighted by atomic mass is 32.2. The van der Waals surface area contributed by atoms with Crippen LogP contribution in [0.15, 0.2) is 28.0 Å². The molecule has 0 radical (unpaired) electrons. The minimum Gasteiger partial charge on any atom is -0.508 e. The molecule has 2 heterocycles. The number of sulfone groups is 1. The van der Waals surface area contributed by atoms with Crippen LogP contribution in [0.5, 0.6) is 5.75 Å². The Labute approximate surface area is 119 Å². The van der Waals surface area contributed by atoms with E-state index in [1.807, 2.05) is 0 Å². The van der Waals surface area contributed by atoms with Gasteiger partial charge in [0.25, 0.3) is 0 Å². The fraction of sp³-hybridized carbons (Fsp3) is 0.467. The summed E-state index contributed by atoms with van der Waals surface area (Å²) >= 11 is 0. The Balaban J connectivity index is 1.85. The minimum absolute atomic E-state index is 0.00301. The highest BCUT2D eigenvalue weighted by Gasteiger charge is 2.31. The summed E-state index contributed by atoms with van der Waals surface area (Å²) in [6.45, 7) is 2.42. The summed E-state index contributed by atoms with van der Waals surface area (Å²) < 4.78 is 25.0. The van der Waals surface area contributed by atoms with Crippen molar-refractivity contribution in [2.45, 2.75) is 30.6 Å². The van der Waals surface area contributed by atoms with Gasteiger partial charge in [0.2, 0.25) is 9.84 Å². The van der Waals surface area contributed by atoms with Crippen molar-refractivity contribution in [1.82, 2.24) is 4.90 Å². The molecule has 2 aliphatic rings. The number of hydrogen-bond donors (Lipinski definition) is 1. The molecule has 0 aromatic heterocycles. The van der Waals surface area contributed by atoms with E-state index in [9.17, 15) is 13.5 Å². The SMILES string of the molecule is O=S1(=O)C(CN2CCCCCC2)=Cc2ccc(O)cc21. The fourth-order valence-corrected chi connectivity index (χ4v) is 4.54. The summed E-state index contributed by atoms with van der Waals surface area (Å²) in [6.07, 6.45) is 6.49. The van der Waals surface area contributed by atoms with Crippen LogP contribution in [0.1, 0.15) is 31.2 Å². The molecule has 0 aliphatic carbocycles. The van der Waals surface area contributed by atoms with E-state index in [1.54, 1.807) is 12.1 Å². The van der Waals surface area contributed by atoms with Gasteiger partial charge in [0.1, 0.15) is 5.75 Å². The van der Waals surface area contributed by atoms with Crippen LogP contribution >= 0.6 is 0 Å². The fourth-order valence-electron chi connectivity index (χ4n) is 2.91. The van der Waals surface area contributed by atoms with Crippen LogP contribution in [0.25, 0.3) is 6.08 Å². The lowest BCUT2D eigenvalue weighted by molar-refractivity contribution is 0.313. The van der Waals surface area contributed by atoms with Gasteiger partial charge >= 0.3 is 0 Å². The predicted molar refractivity (Wildman–Crippen MR) is 78.2 cm³/mol. The monoisotopic (exact) mass is 293 g/mol. The Morgan fingerprint density at radius 2 is 1.80 bits per heavy atom. The molecule has 0 saturated carbocycles. The van der Waals surface area contributed by atoms with E-state index in [2.05, 4.69) is 4.90 Å². The lowest BCUT2D eigenvalue weighted by Crippen LogP contribution is -2.28. The predicted octanol–water partition coefficient (Wildman–Crippen LogP) is 2.40. The van der Waals surface area contributed by atoms with E-state index in [0.717, 1.165) is 25.9 Å². The summed E-state index contributed by atoms with van der Waals surface area (Å²) in [6, 6.07) is 4.54. The number of benzene rings is 1. The van der Waals surface area contributed by atoms with Crippen molar-refractivity contribution in [2.24, 2.45) is 0 Å². The minimum atomic E-state index is -3.42. The molecular weight excluding hydrogens is 274 g/mol. The van der Waals surface area contributed by atoms with Gasteiger partial charge < -0.3 is 5.11 Å². The zero-order chi connectivity index (χ0) is 14.2. The van der Waals surface area contributed by atoms with Gasteiger partial charge in [0.05, 0.1) is 9.80 Å². The molecule has 4 nitrogen and oxygen atoms in total. The van der Waals surface area contributed by atoms with Crippen molar-refractivity contribution in [3.05, 3.63) is 28.7 Å². The Kier molecular flexibility index (Phi) is 3.56. The molecule has 2 aliphatic heterocycles. The maximum absolute atomic E-state index is 12.5. The van der Waals surface area contributed by atoms with Gasteiger partial charge in [-0.3, -0.25) is 4.90 Å². The van der Waals surface area contributed by atoms with Gasteiger partial charge in [-0.15, -0.1) is 0 Å². The van der Waals surface area contributed by atoms with Crippen molar-refractivity contribution in [3.63, 3.8) is 0 Å². The third-order valence-electron chi connectivity index (χ3n) is 4.03. The molecule has 20 heavy (non-hydrogen) atoms. The van der Waals surface area contributed by atoms with Crippen LogP contribution in [-0.2, 0) is 9.84 Å². The van der Waals surface area contributed by atoms with Crippen LogP contribution < -0.4 is 0 Å². The van der Waals surface area contributed by atoms with Gasteiger partial charge in [-0.05, 0) is 55.8 Å². The maximum Gasteiger partial charge on any atom is 0.204 e. The molecule has 1 N–H and O–H groups in total. The van der Waals surface area contributed by atoms with E-state index >= 15 is 0 Å². The first kappa shape index (κ1) is 13.6. The van der Waals surface area contributed by atoms with Crippen LogP contribution in [0.3, 0.4) is 0 Å². The molecule has 1 fully saturated rings. The Hall–Kier alpha value is -1.33. The molecule has 1 aromatic rings. The van der Waals surface area contributed by atoms with Crippen LogP contribution in [0, 0.1) is 0 Å². The van der Waals surface area contributed by atoms with E-state index in [4.69, 9.17) is 0 Å². The number of aromatic hydroxyl groups is 1. The Morgan fingerprint density at radius 3 is 2.50 bits per heavy atom. The van der Waals surface area contributed by atoms with Crippen molar-refractivity contribution < 1.29 is 13.5 Å². The second kappa shape index (κ2) is 5.22. The first-order valence-electron chi connectivity index (χ1n) is 7.08. The lowest BCUT2D eigenvalue weighted by atomic mass is 10.2. The average molecular weight is 293 g/mol. The van der Waals surface area contributed by atoms with Gasteiger partial charge in [0.15, 0.2) is 0 Å². The van der Waals surface area contributed by atoms with Gasteiger partial charge in [-0.25, -0.2) is 8.42 Å². The number of likely N-dealkylation sites (tertiary alicyclic amines) is 1. The van der Waals surface area contributed by atoms with Crippen molar-refractivity contribution >= 4 is 15.9 Å². The van der Waals surface area contributed by atoms with Gasteiger partial charge in [-0.2, -0.15) is 0 Å². The molecule has 1 aromatic carbocycles.